The molecule has 0 spiro atoms. The zero-order valence-corrected chi connectivity index (χ0v) is 14.5. The molecule has 2 N–H and O–H groups in total. The molecule has 0 saturated heterocycles. The number of rotatable bonds is 3. The van der Waals surface area contributed by atoms with E-state index in [1.165, 1.54) is 37.4 Å². The van der Waals surface area contributed by atoms with Gasteiger partial charge in [0.05, 0.1) is 17.7 Å². The molecule has 5 nitrogen and oxygen atoms in total. The summed E-state index contributed by atoms with van der Waals surface area (Å²) < 4.78 is 18.1. The molecule has 26 heavy (non-hydrogen) atoms. The smallest absolute Gasteiger partial charge is 0.344 e. The van der Waals surface area contributed by atoms with Crippen molar-refractivity contribution in [2.45, 2.75) is 0 Å². The number of phenolic OH excluding ortho intramolecular Hbond substituents is 1. The Labute approximate surface area is 153 Å². The van der Waals surface area contributed by atoms with Crippen molar-refractivity contribution in [3.63, 3.8) is 0 Å². The molecule has 0 saturated carbocycles. The molecular formula is C19H14FNO4S. The lowest BCUT2D eigenvalue weighted by molar-refractivity contribution is -0.135. The third kappa shape index (κ3) is 3.78. The standard InChI is InChI=1S/C19H14FNO4S/c1-25-19(24)16-17(23)15(9-11-4-2-7-14(22)8-11)26-18(16)21-13-6-3-5-12(20)10-13/h2-10,22-23H,1H3. The van der Waals surface area contributed by atoms with E-state index >= 15 is 0 Å². The number of aliphatic hydroxyl groups excluding tert-OH is 1. The topological polar surface area (TPSA) is 79.1 Å². The van der Waals surface area contributed by atoms with Gasteiger partial charge in [-0.25, -0.2) is 14.2 Å². The molecule has 0 unspecified atom stereocenters. The Morgan fingerprint density at radius 2 is 1.96 bits per heavy atom. The summed E-state index contributed by atoms with van der Waals surface area (Å²) in [7, 11) is 1.20. The van der Waals surface area contributed by atoms with Gasteiger partial charge >= 0.3 is 5.97 Å². The van der Waals surface area contributed by atoms with Crippen molar-refractivity contribution in [3.05, 3.63) is 76.1 Å². The summed E-state index contributed by atoms with van der Waals surface area (Å²) in [4.78, 5) is 16.7. The zero-order valence-electron chi connectivity index (χ0n) is 13.6. The average molecular weight is 371 g/mol. The van der Waals surface area contributed by atoms with Crippen LogP contribution >= 0.6 is 11.8 Å². The molecule has 0 aliphatic carbocycles. The number of nitrogens with zero attached hydrogens (tertiary/aromatic N) is 1. The maximum Gasteiger partial charge on any atom is 0.344 e. The molecule has 3 rings (SSSR count). The van der Waals surface area contributed by atoms with Crippen LogP contribution < -0.4 is 0 Å². The third-order valence-electron chi connectivity index (χ3n) is 3.49. The summed E-state index contributed by atoms with van der Waals surface area (Å²) in [5.41, 5.74) is 0.851. The number of esters is 1. The molecule has 1 aliphatic rings. The molecular weight excluding hydrogens is 357 g/mol. The number of hydrogen-bond acceptors (Lipinski definition) is 6. The first-order valence-corrected chi connectivity index (χ1v) is 8.34. The van der Waals surface area contributed by atoms with Gasteiger partial charge in [0.15, 0.2) is 0 Å². The highest BCUT2D eigenvalue weighted by Gasteiger charge is 2.33. The quantitative estimate of drug-likeness (QED) is 0.785. The molecule has 0 radical (unpaired) electrons. The Kier molecular flexibility index (Phi) is 5.09. The summed E-state index contributed by atoms with van der Waals surface area (Å²) in [6, 6.07) is 12.0. The van der Waals surface area contributed by atoms with Crippen LogP contribution in [0.5, 0.6) is 5.75 Å². The van der Waals surface area contributed by atoms with Crippen LogP contribution in [0.1, 0.15) is 5.56 Å². The first-order valence-electron chi connectivity index (χ1n) is 7.53. The van der Waals surface area contributed by atoms with Crippen molar-refractivity contribution >= 4 is 34.5 Å². The fraction of sp³-hybridized carbons (Fsp3) is 0.0526. The Balaban J connectivity index is 2.05. The lowest BCUT2D eigenvalue weighted by Crippen LogP contribution is -2.10. The summed E-state index contributed by atoms with van der Waals surface area (Å²) in [5.74, 6) is -1.41. The first-order chi connectivity index (χ1) is 12.5. The Morgan fingerprint density at radius 1 is 1.19 bits per heavy atom. The van der Waals surface area contributed by atoms with E-state index in [4.69, 9.17) is 4.74 Å². The number of hydrogen-bond donors (Lipinski definition) is 2. The van der Waals surface area contributed by atoms with Gasteiger partial charge in [-0.3, -0.25) is 0 Å². The maximum atomic E-state index is 13.4. The molecule has 0 amide bonds. The molecule has 1 aliphatic heterocycles. The number of thioether (sulfide) groups is 1. The summed E-state index contributed by atoms with van der Waals surface area (Å²) in [6.07, 6.45) is 1.61. The van der Waals surface area contributed by atoms with Crippen molar-refractivity contribution < 1.29 is 24.1 Å². The number of carbonyl (C=O) groups is 1. The number of carbonyl (C=O) groups excluding carboxylic acids is 1. The third-order valence-corrected chi connectivity index (χ3v) is 4.51. The van der Waals surface area contributed by atoms with Crippen molar-refractivity contribution in [1.82, 2.24) is 0 Å². The van der Waals surface area contributed by atoms with Gasteiger partial charge < -0.3 is 14.9 Å². The lowest BCUT2D eigenvalue weighted by Gasteiger charge is -2.02. The predicted molar refractivity (Wildman–Crippen MR) is 98.8 cm³/mol. The highest BCUT2D eigenvalue weighted by molar-refractivity contribution is 8.18. The SMILES string of the molecule is COC(=O)C1=C(O)C(=Cc2cccc(O)c2)SC1=Nc1cccc(F)c1. The lowest BCUT2D eigenvalue weighted by atomic mass is 10.1. The van der Waals surface area contributed by atoms with Gasteiger partial charge in [-0.15, -0.1) is 0 Å². The molecule has 0 fully saturated rings. The highest BCUT2D eigenvalue weighted by atomic mass is 32.2. The average Bonchev–Trinajstić information content (AvgIpc) is 2.89. The van der Waals surface area contributed by atoms with Gasteiger partial charge in [0.25, 0.3) is 0 Å². The normalized spacial score (nSPS) is 17.2. The van der Waals surface area contributed by atoms with Gasteiger partial charge in [0, 0.05) is 0 Å². The van der Waals surface area contributed by atoms with Gasteiger partial charge in [0.2, 0.25) is 0 Å². The summed E-state index contributed by atoms with van der Waals surface area (Å²) in [5, 5.41) is 20.2. The fourth-order valence-corrected chi connectivity index (χ4v) is 3.35. The second kappa shape index (κ2) is 7.45. The van der Waals surface area contributed by atoms with E-state index in [1.807, 2.05) is 0 Å². The number of benzene rings is 2. The molecule has 0 aromatic heterocycles. The zero-order chi connectivity index (χ0) is 18.7. The molecule has 0 bridgehead atoms. The highest BCUT2D eigenvalue weighted by Crippen LogP contribution is 2.40. The van der Waals surface area contributed by atoms with E-state index < -0.39 is 11.8 Å². The van der Waals surface area contributed by atoms with E-state index in [0.717, 1.165) is 11.8 Å². The Bertz CT molecular complexity index is 966. The minimum atomic E-state index is -0.746. The van der Waals surface area contributed by atoms with Crippen molar-refractivity contribution in [3.8, 4) is 5.75 Å². The monoisotopic (exact) mass is 371 g/mol. The van der Waals surface area contributed by atoms with Crippen LogP contribution in [0, 0.1) is 5.82 Å². The van der Waals surface area contributed by atoms with Crippen LogP contribution in [-0.4, -0.2) is 28.3 Å². The predicted octanol–water partition coefficient (Wildman–Crippen LogP) is 4.33. The Hall–Kier alpha value is -3.06. The van der Waals surface area contributed by atoms with Gasteiger partial charge in [-0.2, -0.15) is 0 Å². The first kappa shape index (κ1) is 17.8. The molecule has 7 heteroatoms. The van der Waals surface area contributed by atoms with Crippen LogP contribution in [0.15, 0.2) is 69.8 Å². The number of halogens is 1. The summed E-state index contributed by atoms with van der Waals surface area (Å²) in [6.45, 7) is 0. The number of aliphatic hydroxyl groups is 1. The minimum Gasteiger partial charge on any atom is -0.508 e. The van der Waals surface area contributed by atoms with Gasteiger partial charge in [-0.1, -0.05) is 30.0 Å². The van der Waals surface area contributed by atoms with E-state index in [1.54, 1.807) is 24.3 Å². The second-order valence-corrected chi connectivity index (χ2v) is 6.35. The van der Waals surface area contributed by atoms with Gasteiger partial charge in [0.1, 0.15) is 27.9 Å². The number of aliphatic imine (C=N–C) groups is 1. The Morgan fingerprint density at radius 3 is 2.65 bits per heavy atom. The van der Waals surface area contributed by atoms with E-state index in [2.05, 4.69) is 4.99 Å². The molecule has 2 aromatic carbocycles. The van der Waals surface area contributed by atoms with Crippen LogP contribution in [0.2, 0.25) is 0 Å². The second-order valence-electron chi connectivity index (χ2n) is 5.32. The number of phenols is 1. The molecule has 132 valence electrons. The van der Waals surface area contributed by atoms with E-state index in [0.29, 0.717) is 16.2 Å². The number of aromatic hydroxyl groups is 1. The van der Waals surface area contributed by atoms with Crippen molar-refractivity contribution in [2.24, 2.45) is 4.99 Å². The molecule has 0 atom stereocenters. The largest absolute Gasteiger partial charge is 0.508 e. The maximum absolute atomic E-state index is 13.4. The van der Waals surface area contributed by atoms with Crippen LogP contribution in [-0.2, 0) is 9.53 Å². The van der Waals surface area contributed by atoms with E-state index in [-0.39, 0.29) is 22.1 Å². The fourth-order valence-electron chi connectivity index (χ4n) is 2.32. The van der Waals surface area contributed by atoms with Crippen LogP contribution in [0.3, 0.4) is 0 Å². The van der Waals surface area contributed by atoms with Crippen LogP contribution in [0.4, 0.5) is 10.1 Å². The number of methoxy groups -OCH3 is 1. The molecule has 1 heterocycles. The van der Waals surface area contributed by atoms with Crippen LogP contribution in [0.25, 0.3) is 6.08 Å². The number of ether oxygens (including phenoxy) is 1. The summed E-state index contributed by atoms with van der Waals surface area (Å²) >= 11 is 1.05. The van der Waals surface area contributed by atoms with Crippen molar-refractivity contribution in [1.29, 1.82) is 0 Å². The minimum absolute atomic E-state index is 0.0765. The molecule has 2 aromatic rings. The van der Waals surface area contributed by atoms with E-state index in [9.17, 15) is 19.4 Å². The van der Waals surface area contributed by atoms with Crippen molar-refractivity contribution in [2.75, 3.05) is 7.11 Å². The van der Waals surface area contributed by atoms with Gasteiger partial charge in [-0.05, 0) is 42.0 Å².